The molecule has 0 aliphatic heterocycles. The van der Waals surface area contributed by atoms with E-state index in [4.69, 9.17) is 9.16 Å². The van der Waals surface area contributed by atoms with Crippen LogP contribution in [0, 0.1) is 0 Å². The Hall–Kier alpha value is -3.22. The zero-order valence-corrected chi connectivity index (χ0v) is 22.0. The van der Waals surface area contributed by atoms with E-state index in [2.05, 4.69) is 86.4 Å². The van der Waals surface area contributed by atoms with Gasteiger partial charge in [0, 0.05) is 19.2 Å². The van der Waals surface area contributed by atoms with Crippen LogP contribution in [0.25, 0.3) is 11.0 Å². The van der Waals surface area contributed by atoms with E-state index < -0.39 is 8.32 Å². The van der Waals surface area contributed by atoms with Crippen LogP contribution in [0.3, 0.4) is 0 Å². The van der Waals surface area contributed by atoms with E-state index in [1.807, 2.05) is 18.2 Å². The van der Waals surface area contributed by atoms with Gasteiger partial charge in [-0.3, -0.25) is 4.79 Å². The third kappa shape index (κ3) is 5.09. The summed E-state index contributed by atoms with van der Waals surface area (Å²) in [5, 5.41) is 2.51. The number of ether oxygens (including phenoxy) is 1. The number of rotatable bonds is 9. The molecule has 0 unspecified atom stereocenters. The molecule has 0 aliphatic rings. The van der Waals surface area contributed by atoms with Crippen molar-refractivity contribution < 1.29 is 9.16 Å². The number of hydrogen-bond donors (Lipinski definition) is 0. The number of unbranched alkanes of at least 4 members (excludes halogenated alkanes) is 1. The van der Waals surface area contributed by atoms with Gasteiger partial charge in [-0.1, -0.05) is 81.4 Å². The topological polar surface area (TPSA) is 53.3 Å². The van der Waals surface area contributed by atoms with Crippen LogP contribution < -0.4 is 20.7 Å². The van der Waals surface area contributed by atoms with Gasteiger partial charge in [0.1, 0.15) is 5.75 Å². The van der Waals surface area contributed by atoms with Gasteiger partial charge in [-0.05, 0) is 25.0 Å². The van der Waals surface area contributed by atoms with Gasteiger partial charge >= 0.3 is 0 Å². The van der Waals surface area contributed by atoms with E-state index in [9.17, 15) is 4.79 Å². The molecular weight excluding hydrogens is 452 g/mol. The molecule has 0 N–H and O–H groups in total. The molecule has 183 valence electrons. The van der Waals surface area contributed by atoms with Gasteiger partial charge in [-0.2, -0.15) is 10.4 Å². The van der Waals surface area contributed by atoms with E-state index in [1.165, 1.54) is 16.6 Å². The largest absolute Gasteiger partial charge is 0.558 e. The summed E-state index contributed by atoms with van der Waals surface area (Å²) < 4.78 is 14.1. The third-order valence-electron chi connectivity index (χ3n) is 6.56. The first-order chi connectivity index (χ1) is 16.9. The van der Waals surface area contributed by atoms with Crippen molar-refractivity contribution in [3.05, 3.63) is 95.4 Å². The first-order valence-electron chi connectivity index (χ1n) is 12.2. The highest BCUT2D eigenvalue weighted by atomic mass is 28.4. The second-order valence-electron chi connectivity index (χ2n) is 9.82. The van der Waals surface area contributed by atoms with Crippen molar-refractivity contribution in [3.63, 3.8) is 0 Å². The quantitative estimate of drug-likeness (QED) is 0.253. The number of benzene rings is 3. The van der Waals surface area contributed by atoms with Crippen LogP contribution in [-0.2, 0) is 11.0 Å². The molecule has 5 nitrogen and oxygen atoms in total. The van der Waals surface area contributed by atoms with E-state index in [-0.39, 0.29) is 10.6 Å². The Morgan fingerprint density at radius 2 is 1.51 bits per heavy atom. The molecule has 0 saturated heterocycles. The molecule has 1 heterocycles. The minimum Gasteiger partial charge on any atom is -0.558 e. The molecule has 0 amide bonds. The summed E-state index contributed by atoms with van der Waals surface area (Å²) in [6, 6.07) is 27.0. The Labute approximate surface area is 208 Å². The summed E-state index contributed by atoms with van der Waals surface area (Å²) >= 11 is 0. The van der Waals surface area contributed by atoms with Crippen LogP contribution in [0.15, 0.2) is 89.9 Å². The molecule has 35 heavy (non-hydrogen) atoms. The minimum absolute atomic E-state index is 0.0511. The second kappa shape index (κ2) is 10.6. The molecule has 0 fully saturated rings. The molecule has 0 spiro atoms. The average Bonchev–Trinajstić information content (AvgIpc) is 2.87. The summed E-state index contributed by atoms with van der Waals surface area (Å²) in [4.78, 5) is 16.9. The van der Waals surface area contributed by atoms with Crippen LogP contribution in [0.2, 0.25) is 5.04 Å². The fourth-order valence-electron chi connectivity index (χ4n) is 4.86. The number of nitrogens with zero attached hydrogens (tertiary/aromatic N) is 2. The maximum absolute atomic E-state index is 12.6. The Bertz CT molecular complexity index is 1280. The Kier molecular flexibility index (Phi) is 7.53. The smallest absolute Gasteiger partial charge is 0.269 e. The summed E-state index contributed by atoms with van der Waals surface area (Å²) in [6.07, 6.45) is 3.08. The van der Waals surface area contributed by atoms with Crippen molar-refractivity contribution >= 4 is 29.7 Å². The predicted octanol–water partition coefficient (Wildman–Crippen LogP) is 4.76. The first-order valence-corrected chi connectivity index (χ1v) is 14.1. The molecule has 0 atom stereocenters. The molecular formula is C29H34N2O3Si-. The molecule has 0 aliphatic carbocycles. The van der Waals surface area contributed by atoms with Gasteiger partial charge in [0.2, 0.25) is 0 Å². The molecule has 4 rings (SSSR count). The van der Waals surface area contributed by atoms with Gasteiger partial charge in [0.25, 0.3) is 5.56 Å². The van der Waals surface area contributed by atoms with Gasteiger partial charge in [0.15, 0.2) is 0 Å². The lowest BCUT2D eigenvalue weighted by molar-refractivity contribution is 0.285. The third-order valence-corrected chi connectivity index (χ3v) is 11.6. The van der Waals surface area contributed by atoms with Crippen LogP contribution in [0.1, 0.15) is 33.6 Å². The van der Waals surface area contributed by atoms with Gasteiger partial charge in [-0.15, -0.1) is 5.04 Å². The number of aryl methyl sites for hydroxylation is 1. The van der Waals surface area contributed by atoms with Crippen LogP contribution >= 0.6 is 0 Å². The molecule has 4 aromatic rings. The Morgan fingerprint density at radius 1 is 0.886 bits per heavy atom. The fourth-order valence-corrected chi connectivity index (χ4v) is 9.46. The molecule has 0 saturated carbocycles. The number of fused-ring (bicyclic) bond motifs is 1. The average molecular weight is 487 g/mol. The normalized spacial score (nSPS) is 12.1. The molecule has 1 aromatic heterocycles. The van der Waals surface area contributed by atoms with Crippen molar-refractivity contribution in [2.24, 2.45) is 0 Å². The van der Waals surface area contributed by atoms with Crippen LogP contribution in [0.4, 0.5) is 0 Å². The lowest BCUT2D eigenvalue weighted by Gasteiger charge is -2.55. The molecule has 0 radical (unpaired) electrons. The van der Waals surface area contributed by atoms with Crippen molar-refractivity contribution in [3.8, 4) is 5.75 Å². The Balaban J connectivity index is 1.55. The molecule has 6 heteroatoms. The van der Waals surface area contributed by atoms with Gasteiger partial charge in [-0.25, -0.2) is 4.98 Å². The molecule has 3 aromatic carbocycles. The van der Waals surface area contributed by atoms with Crippen molar-refractivity contribution in [2.45, 2.75) is 45.2 Å². The lowest BCUT2D eigenvalue weighted by atomic mass is 10.2. The zero-order chi connectivity index (χ0) is 24.9. The minimum atomic E-state index is -2.54. The predicted molar refractivity (Wildman–Crippen MR) is 145 cm³/mol. The highest BCUT2D eigenvalue weighted by molar-refractivity contribution is 6.99. The number of methoxy groups -OCH3 is 1. The summed E-state index contributed by atoms with van der Waals surface area (Å²) in [5.74, 6) is 0.716. The van der Waals surface area contributed by atoms with Crippen molar-refractivity contribution in [1.82, 2.24) is 9.55 Å². The fraction of sp³-hybridized carbons (Fsp3) is 0.310. The van der Waals surface area contributed by atoms with Gasteiger partial charge < -0.3 is 13.7 Å². The number of aromatic nitrogens is 2. The number of hydrogen-bond acceptors (Lipinski definition) is 4. The Morgan fingerprint density at radius 3 is 2.09 bits per heavy atom. The second-order valence-corrected chi connectivity index (χ2v) is 14.1. The summed E-state index contributed by atoms with van der Waals surface area (Å²) in [6.45, 7) is 8.10. The first kappa shape index (κ1) is 24.9. The van der Waals surface area contributed by atoms with E-state index in [1.54, 1.807) is 11.7 Å². The van der Waals surface area contributed by atoms with E-state index >= 15 is 0 Å². The SMILES string of the molecule is COc1ccc2ncc(=O)n(CCCCO[Si-](c3ccccc3)(c3ccccc3)C(C)(C)C)c2c1. The standard InChI is InChI=1S/C29H34N2O3Si/c1-29(2,3)35(24-13-7-5-8-14-24,25-15-9-6-10-16-25)34-20-12-11-19-31-27-21-23(33-4)17-18-26(27)30-22-28(31)32/h5-10,13-18,21-22H,11-12,19-20H2,1-4H3/q-1. The van der Waals surface area contributed by atoms with E-state index in [0.717, 1.165) is 23.9 Å². The molecule has 0 bridgehead atoms. The van der Waals surface area contributed by atoms with E-state index in [0.29, 0.717) is 18.9 Å². The van der Waals surface area contributed by atoms with Crippen LogP contribution in [-0.4, -0.2) is 31.6 Å². The zero-order valence-electron chi connectivity index (χ0n) is 21.0. The monoisotopic (exact) mass is 486 g/mol. The van der Waals surface area contributed by atoms with Crippen molar-refractivity contribution in [2.75, 3.05) is 13.7 Å². The highest BCUT2D eigenvalue weighted by Gasteiger charge is 2.36. The highest BCUT2D eigenvalue weighted by Crippen LogP contribution is 2.36. The van der Waals surface area contributed by atoms with Gasteiger partial charge in [0.05, 0.1) is 32.7 Å². The summed E-state index contributed by atoms with van der Waals surface area (Å²) in [5.41, 5.74) is 1.48. The maximum Gasteiger partial charge on any atom is 0.269 e. The summed E-state index contributed by atoms with van der Waals surface area (Å²) in [7, 11) is -0.914. The maximum atomic E-state index is 12.6. The van der Waals surface area contributed by atoms with Crippen molar-refractivity contribution in [1.29, 1.82) is 0 Å². The lowest BCUT2D eigenvalue weighted by Crippen LogP contribution is -2.66. The van der Waals surface area contributed by atoms with Crippen LogP contribution in [0.5, 0.6) is 5.75 Å².